The number of rotatable bonds is 5. The molecule has 1 N–H and O–H groups in total. The molecule has 1 aliphatic rings. The Morgan fingerprint density at radius 1 is 0.774 bits per heavy atom. The molecule has 31 heavy (non-hydrogen) atoms. The van der Waals surface area contributed by atoms with Gasteiger partial charge in [-0.05, 0) is 73.2 Å². The lowest BCUT2D eigenvalue weighted by molar-refractivity contribution is -0.120. The molecule has 0 aliphatic carbocycles. The minimum atomic E-state index is -0.341. The number of nitrogens with zero attached hydrogens (tertiary/aromatic N) is 1. The standard InChI is InChI=1S/C27H26N2O2/c1-5-20-11-14-22(15-12-20)28-25-24(21-13-10-17(2)19(4)16-21)26(30)29(27(25)31)23-9-7-6-8-18(23)3/h6-16,28H,5H2,1-4H3. The van der Waals surface area contributed by atoms with Crippen LogP contribution in [0.3, 0.4) is 0 Å². The molecule has 4 rings (SSSR count). The number of benzene rings is 3. The zero-order valence-electron chi connectivity index (χ0n) is 18.3. The second kappa shape index (κ2) is 8.23. The van der Waals surface area contributed by atoms with Crippen molar-refractivity contribution in [2.24, 2.45) is 0 Å². The molecule has 0 saturated heterocycles. The fourth-order valence-electron chi connectivity index (χ4n) is 3.81. The van der Waals surface area contributed by atoms with E-state index in [4.69, 9.17) is 0 Å². The number of hydrogen-bond donors (Lipinski definition) is 1. The summed E-state index contributed by atoms with van der Waals surface area (Å²) in [4.78, 5) is 28.4. The van der Waals surface area contributed by atoms with E-state index < -0.39 is 0 Å². The van der Waals surface area contributed by atoms with Crippen molar-refractivity contribution in [1.29, 1.82) is 0 Å². The Balaban J connectivity index is 1.83. The van der Waals surface area contributed by atoms with Crippen LogP contribution in [-0.4, -0.2) is 11.8 Å². The highest BCUT2D eigenvalue weighted by Crippen LogP contribution is 2.35. The van der Waals surface area contributed by atoms with Crippen LogP contribution in [-0.2, 0) is 16.0 Å². The first-order chi connectivity index (χ1) is 14.9. The van der Waals surface area contributed by atoms with E-state index in [0.717, 1.165) is 34.4 Å². The van der Waals surface area contributed by atoms with Crippen molar-refractivity contribution in [1.82, 2.24) is 0 Å². The molecule has 4 nitrogen and oxygen atoms in total. The smallest absolute Gasteiger partial charge is 0.282 e. The third-order valence-corrected chi connectivity index (χ3v) is 5.87. The van der Waals surface area contributed by atoms with Crippen LogP contribution in [0.1, 0.15) is 34.7 Å². The molecule has 0 aromatic heterocycles. The molecular weight excluding hydrogens is 384 g/mol. The van der Waals surface area contributed by atoms with Crippen molar-refractivity contribution in [3.8, 4) is 0 Å². The Morgan fingerprint density at radius 3 is 2.13 bits per heavy atom. The molecule has 0 bridgehead atoms. The molecule has 0 radical (unpaired) electrons. The number of hydrogen-bond acceptors (Lipinski definition) is 3. The summed E-state index contributed by atoms with van der Waals surface area (Å²) in [5.41, 5.74) is 7.13. The van der Waals surface area contributed by atoms with Gasteiger partial charge in [-0.3, -0.25) is 9.59 Å². The summed E-state index contributed by atoms with van der Waals surface area (Å²) in [6.07, 6.45) is 0.940. The van der Waals surface area contributed by atoms with E-state index in [-0.39, 0.29) is 11.8 Å². The number of carbonyl (C=O) groups excluding carboxylic acids is 2. The van der Waals surface area contributed by atoms with Crippen LogP contribution in [0.4, 0.5) is 11.4 Å². The maximum atomic E-state index is 13.6. The molecule has 0 fully saturated rings. The van der Waals surface area contributed by atoms with E-state index in [1.807, 2.05) is 87.5 Å². The highest BCUT2D eigenvalue weighted by Gasteiger charge is 2.40. The maximum absolute atomic E-state index is 13.6. The van der Waals surface area contributed by atoms with Crippen molar-refractivity contribution < 1.29 is 9.59 Å². The van der Waals surface area contributed by atoms with E-state index in [0.29, 0.717) is 17.0 Å². The monoisotopic (exact) mass is 410 g/mol. The van der Waals surface area contributed by atoms with E-state index >= 15 is 0 Å². The topological polar surface area (TPSA) is 49.4 Å². The van der Waals surface area contributed by atoms with Crippen molar-refractivity contribution in [3.63, 3.8) is 0 Å². The molecule has 3 aromatic carbocycles. The number of amides is 2. The lowest BCUT2D eigenvalue weighted by Gasteiger charge is -2.17. The lowest BCUT2D eigenvalue weighted by Crippen LogP contribution is -2.33. The van der Waals surface area contributed by atoms with Crippen LogP contribution < -0.4 is 10.2 Å². The molecule has 4 heteroatoms. The van der Waals surface area contributed by atoms with Crippen LogP contribution in [0.15, 0.2) is 72.4 Å². The number of anilines is 2. The van der Waals surface area contributed by atoms with Gasteiger partial charge in [-0.2, -0.15) is 0 Å². The summed E-state index contributed by atoms with van der Waals surface area (Å²) in [5.74, 6) is -0.651. The SMILES string of the molecule is CCc1ccc(NC2=C(c3ccc(C)c(C)c3)C(=O)N(c3ccccc3C)C2=O)cc1. The quantitative estimate of drug-likeness (QED) is 0.559. The van der Waals surface area contributed by atoms with Gasteiger partial charge in [0.25, 0.3) is 11.8 Å². The average Bonchev–Trinajstić information content (AvgIpc) is 3.00. The van der Waals surface area contributed by atoms with Gasteiger partial charge < -0.3 is 5.32 Å². The Kier molecular flexibility index (Phi) is 5.47. The van der Waals surface area contributed by atoms with Crippen molar-refractivity contribution in [2.75, 3.05) is 10.2 Å². The van der Waals surface area contributed by atoms with Gasteiger partial charge in [-0.1, -0.05) is 55.5 Å². The molecule has 156 valence electrons. The Labute approximate surface area is 183 Å². The third-order valence-electron chi connectivity index (χ3n) is 5.87. The van der Waals surface area contributed by atoms with Gasteiger partial charge in [-0.25, -0.2) is 4.90 Å². The minimum Gasteiger partial charge on any atom is -0.350 e. The Morgan fingerprint density at radius 2 is 1.48 bits per heavy atom. The number of carbonyl (C=O) groups is 2. The minimum absolute atomic E-state index is 0.306. The van der Waals surface area contributed by atoms with Crippen molar-refractivity contribution >= 4 is 28.8 Å². The van der Waals surface area contributed by atoms with Gasteiger partial charge in [0.2, 0.25) is 0 Å². The lowest BCUT2D eigenvalue weighted by atomic mass is 9.99. The molecule has 2 amide bonds. The van der Waals surface area contributed by atoms with Crippen molar-refractivity contribution in [3.05, 3.63) is 100 Å². The zero-order valence-corrected chi connectivity index (χ0v) is 18.3. The average molecular weight is 411 g/mol. The summed E-state index contributed by atoms with van der Waals surface area (Å²) >= 11 is 0. The van der Waals surface area contributed by atoms with Gasteiger partial charge in [0.15, 0.2) is 0 Å². The highest BCUT2D eigenvalue weighted by atomic mass is 16.2. The molecule has 1 heterocycles. The number of nitrogens with one attached hydrogen (secondary N) is 1. The van der Waals surface area contributed by atoms with Crippen LogP contribution in [0, 0.1) is 20.8 Å². The summed E-state index contributed by atoms with van der Waals surface area (Å²) in [6, 6.07) is 21.3. The van der Waals surface area contributed by atoms with Crippen LogP contribution in [0.2, 0.25) is 0 Å². The summed E-state index contributed by atoms with van der Waals surface area (Å²) in [5, 5.41) is 3.24. The number of para-hydroxylation sites is 1. The van der Waals surface area contributed by atoms with Crippen LogP contribution in [0.5, 0.6) is 0 Å². The van der Waals surface area contributed by atoms with Gasteiger partial charge in [0.1, 0.15) is 5.70 Å². The molecule has 1 aliphatic heterocycles. The normalized spacial score (nSPS) is 13.9. The van der Waals surface area contributed by atoms with E-state index in [1.165, 1.54) is 10.5 Å². The second-order valence-corrected chi connectivity index (χ2v) is 7.96. The number of aryl methyl sites for hydroxylation is 4. The van der Waals surface area contributed by atoms with E-state index in [1.54, 1.807) is 0 Å². The highest BCUT2D eigenvalue weighted by molar-refractivity contribution is 6.46. The summed E-state index contributed by atoms with van der Waals surface area (Å²) in [6.45, 7) is 8.04. The Hall–Kier alpha value is -3.66. The van der Waals surface area contributed by atoms with Crippen LogP contribution >= 0.6 is 0 Å². The number of imide groups is 1. The second-order valence-electron chi connectivity index (χ2n) is 7.96. The molecular formula is C27H26N2O2. The summed E-state index contributed by atoms with van der Waals surface area (Å²) < 4.78 is 0. The largest absolute Gasteiger partial charge is 0.350 e. The zero-order chi connectivity index (χ0) is 22.1. The predicted molar refractivity (Wildman–Crippen MR) is 126 cm³/mol. The molecule has 0 atom stereocenters. The van der Waals surface area contributed by atoms with E-state index in [9.17, 15) is 9.59 Å². The molecule has 0 unspecified atom stereocenters. The van der Waals surface area contributed by atoms with Gasteiger partial charge >= 0.3 is 0 Å². The predicted octanol–water partition coefficient (Wildman–Crippen LogP) is 5.57. The molecule has 0 saturated carbocycles. The first kappa shape index (κ1) is 20.6. The van der Waals surface area contributed by atoms with E-state index in [2.05, 4.69) is 12.2 Å². The maximum Gasteiger partial charge on any atom is 0.282 e. The van der Waals surface area contributed by atoms with Crippen molar-refractivity contribution in [2.45, 2.75) is 34.1 Å². The first-order valence-electron chi connectivity index (χ1n) is 10.5. The first-order valence-corrected chi connectivity index (χ1v) is 10.5. The molecule has 0 spiro atoms. The van der Waals surface area contributed by atoms with Gasteiger partial charge in [0, 0.05) is 5.69 Å². The molecule has 3 aromatic rings. The fourth-order valence-corrected chi connectivity index (χ4v) is 3.81. The fraction of sp³-hybridized carbons (Fsp3) is 0.185. The summed E-state index contributed by atoms with van der Waals surface area (Å²) in [7, 11) is 0. The van der Waals surface area contributed by atoms with Gasteiger partial charge in [0.05, 0.1) is 11.3 Å². The van der Waals surface area contributed by atoms with Gasteiger partial charge in [-0.15, -0.1) is 0 Å². The Bertz CT molecular complexity index is 1210. The van der Waals surface area contributed by atoms with Crippen LogP contribution in [0.25, 0.3) is 5.57 Å². The third kappa shape index (κ3) is 3.77.